The first-order valence-corrected chi connectivity index (χ1v) is 19.8. The Balaban J connectivity index is 1.64. The second kappa shape index (κ2) is 12.4. The van der Waals surface area contributed by atoms with E-state index in [1.54, 1.807) is 12.1 Å². The lowest BCUT2D eigenvalue weighted by Gasteiger charge is -2.45. The van der Waals surface area contributed by atoms with E-state index in [2.05, 4.69) is 125 Å². The van der Waals surface area contributed by atoms with Crippen molar-refractivity contribution in [3.63, 3.8) is 0 Å². The van der Waals surface area contributed by atoms with Crippen LogP contribution in [0.4, 0.5) is 13.2 Å². The van der Waals surface area contributed by atoms with Gasteiger partial charge in [-0.15, -0.1) is 10.2 Å². The van der Waals surface area contributed by atoms with E-state index >= 15 is 0 Å². The molecule has 0 unspecified atom stereocenters. The summed E-state index contributed by atoms with van der Waals surface area (Å²) in [5.41, 5.74) is -1.82. The Morgan fingerprint density at radius 2 is 1.25 bits per heavy atom. The van der Waals surface area contributed by atoms with Crippen LogP contribution >= 0.6 is 0 Å². The number of alkyl halides is 3. The summed E-state index contributed by atoms with van der Waals surface area (Å²) >= 11 is 0. The molecule has 0 radical (unpaired) electrons. The molecule has 234 valence electrons. The van der Waals surface area contributed by atoms with Gasteiger partial charge in [0.05, 0.1) is 12.7 Å². The van der Waals surface area contributed by atoms with Gasteiger partial charge < -0.3 is 8.85 Å². The van der Waals surface area contributed by atoms with Gasteiger partial charge in [-0.25, -0.2) is 0 Å². The second-order valence-electron chi connectivity index (χ2n) is 13.9. The van der Waals surface area contributed by atoms with Crippen molar-refractivity contribution in [2.24, 2.45) is 10.2 Å². The molecule has 3 aromatic carbocycles. The SMILES string of the molecule is CC(C)(C)[Si](C)(C)O[C@@H](CC#Cc1ccc(C2(C(F)(F)F)N=N2)cc1)CO[Si](c1ccccc1)(c1ccccc1)C(C)(C)C. The molecule has 1 aliphatic rings. The quantitative estimate of drug-likeness (QED) is 0.174. The average Bonchev–Trinajstić information content (AvgIpc) is 3.76. The molecule has 4 nitrogen and oxygen atoms in total. The molecule has 0 bridgehead atoms. The predicted octanol–water partition coefficient (Wildman–Crippen LogP) is 8.58. The highest BCUT2D eigenvalue weighted by Crippen LogP contribution is 2.52. The third kappa shape index (κ3) is 6.94. The summed E-state index contributed by atoms with van der Waals surface area (Å²) < 4.78 is 54.3. The Labute approximate surface area is 262 Å². The molecule has 1 heterocycles. The van der Waals surface area contributed by atoms with E-state index in [1.807, 2.05) is 12.1 Å². The third-order valence-electron chi connectivity index (χ3n) is 8.72. The van der Waals surface area contributed by atoms with Gasteiger partial charge in [0, 0.05) is 17.5 Å². The van der Waals surface area contributed by atoms with E-state index in [-0.39, 0.29) is 21.7 Å². The predicted molar refractivity (Wildman–Crippen MR) is 176 cm³/mol. The average molecular weight is 637 g/mol. The smallest absolute Gasteiger partial charge is 0.411 e. The normalized spacial score (nSPS) is 15.8. The van der Waals surface area contributed by atoms with Crippen molar-refractivity contribution in [1.29, 1.82) is 0 Å². The third-order valence-corrected chi connectivity index (χ3v) is 18.3. The molecule has 44 heavy (non-hydrogen) atoms. The molecule has 0 amide bonds. The summed E-state index contributed by atoms with van der Waals surface area (Å²) in [6, 6.07) is 27.0. The number of nitrogens with zero attached hydrogens (tertiary/aromatic N) is 2. The highest BCUT2D eigenvalue weighted by atomic mass is 28.4. The number of rotatable bonds is 9. The maximum Gasteiger partial charge on any atom is 0.442 e. The lowest BCUT2D eigenvalue weighted by molar-refractivity contribution is -0.166. The van der Waals surface area contributed by atoms with Gasteiger partial charge in [0.2, 0.25) is 0 Å². The first-order valence-electron chi connectivity index (χ1n) is 15.0. The summed E-state index contributed by atoms with van der Waals surface area (Å²) in [5, 5.41) is 8.77. The first kappa shape index (κ1) is 33.8. The molecule has 3 aromatic rings. The van der Waals surface area contributed by atoms with Crippen LogP contribution in [0.15, 0.2) is 95.2 Å². The van der Waals surface area contributed by atoms with Crippen LogP contribution in [-0.4, -0.2) is 35.5 Å². The summed E-state index contributed by atoms with van der Waals surface area (Å²) in [5.74, 6) is 6.37. The molecule has 9 heteroatoms. The van der Waals surface area contributed by atoms with Crippen LogP contribution in [0.5, 0.6) is 0 Å². The van der Waals surface area contributed by atoms with E-state index in [4.69, 9.17) is 8.85 Å². The number of benzene rings is 3. The lowest BCUT2D eigenvalue weighted by Crippen LogP contribution is -2.67. The van der Waals surface area contributed by atoms with Crippen molar-refractivity contribution >= 4 is 27.0 Å². The number of halogens is 3. The van der Waals surface area contributed by atoms with Gasteiger partial charge in [-0.3, -0.25) is 0 Å². The van der Waals surface area contributed by atoms with Gasteiger partial charge >= 0.3 is 11.8 Å². The monoisotopic (exact) mass is 636 g/mol. The molecule has 0 fully saturated rings. The zero-order valence-electron chi connectivity index (χ0n) is 26.9. The maximum atomic E-state index is 13.4. The lowest BCUT2D eigenvalue weighted by atomic mass is 10.0. The summed E-state index contributed by atoms with van der Waals surface area (Å²) in [6.07, 6.45) is -4.43. The van der Waals surface area contributed by atoms with Gasteiger partial charge in [-0.2, -0.15) is 13.2 Å². The van der Waals surface area contributed by atoms with Crippen LogP contribution in [-0.2, 0) is 14.5 Å². The molecular formula is C35H43F3N2O2Si2. The zero-order chi connectivity index (χ0) is 32.4. The largest absolute Gasteiger partial charge is 0.442 e. The fraction of sp³-hybridized carbons (Fsp3) is 0.429. The van der Waals surface area contributed by atoms with Gasteiger partial charge in [-0.05, 0) is 45.7 Å². The van der Waals surface area contributed by atoms with Crippen molar-refractivity contribution in [3.8, 4) is 11.8 Å². The summed E-state index contributed by atoms with van der Waals surface area (Å²) in [7, 11) is -4.99. The standard InChI is InChI=1S/C35H43F3N2O2Si2/c1-32(2,3)43(7,8)42-29(17-15-16-27-22-24-28(25-23-27)34(39-40-34)35(36,37)38)26-41-44(33(4,5)6,30-18-11-9-12-19-30)31-20-13-10-14-21-31/h9-14,18-25,29H,17,26H2,1-8H3/t29-/m0/s1. The van der Waals surface area contributed by atoms with Gasteiger partial charge in [0.1, 0.15) is 0 Å². The van der Waals surface area contributed by atoms with E-state index in [0.717, 1.165) is 0 Å². The molecule has 0 aliphatic carbocycles. The summed E-state index contributed by atoms with van der Waals surface area (Å²) in [6.45, 7) is 18.2. The molecule has 0 spiro atoms. The molecular weight excluding hydrogens is 594 g/mol. The van der Waals surface area contributed by atoms with E-state index in [9.17, 15) is 13.2 Å². The van der Waals surface area contributed by atoms with Crippen LogP contribution in [0, 0.1) is 11.8 Å². The van der Waals surface area contributed by atoms with Crippen molar-refractivity contribution in [2.45, 2.75) is 89.1 Å². The van der Waals surface area contributed by atoms with E-state index in [0.29, 0.717) is 18.6 Å². The number of hydrogen-bond acceptors (Lipinski definition) is 4. The van der Waals surface area contributed by atoms with Crippen LogP contribution < -0.4 is 10.4 Å². The highest BCUT2D eigenvalue weighted by Gasteiger charge is 2.65. The van der Waals surface area contributed by atoms with Gasteiger partial charge in [0.15, 0.2) is 8.32 Å². The Kier molecular flexibility index (Phi) is 9.54. The Hall–Kier alpha value is -3.04. The van der Waals surface area contributed by atoms with Crippen LogP contribution in [0.25, 0.3) is 0 Å². The Bertz CT molecular complexity index is 1450. The molecule has 1 atom stereocenters. The van der Waals surface area contributed by atoms with Crippen molar-refractivity contribution < 1.29 is 22.0 Å². The molecule has 0 saturated heterocycles. The minimum atomic E-state index is -4.56. The molecule has 0 aromatic heterocycles. The van der Waals surface area contributed by atoms with Crippen LogP contribution in [0.2, 0.25) is 23.2 Å². The minimum absolute atomic E-state index is 0.00612. The molecule has 0 saturated carbocycles. The van der Waals surface area contributed by atoms with Gasteiger partial charge in [-0.1, -0.05) is 126 Å². The van der Waals surface area contributed by atoms with Crippen molar-refractivity contribution in [1.82, 2.24) is 0 Å². The molecule has 1 aliphatic heterocycles. The first-order chi connectivity index (χ1) is 20.4. The van der Waals surface area contributed by atoms with Crippen molar-refractivity contribution in [3.05, 3.63) is 96.1 Å². The fourth-order valence-electron chi connectivity index (χ4n) is 5.20. The van der Waals surface area contributed by atoms with Crippen LogP contribution in [0.3, 0.4) is 0 Å². The number of hydrogen-bond donors (Lipinski definition) is 0. The highest BCUT2D eigenvalue weighted by molar-refractivity contribution is 6.99. The fourth-order valence-corrected chi connectivity index (χ4v) is 11.1. The zero-order valence-corrected chi connectivity index (χ0v) is 28.9. The minimum Gasteiger partial charge on any atom is -0.411 e. The molecule has 0 N–H and O–H groups in total. The second-order valence-corrected chi connectivity index (χ2v) is 23.0. The van der Waals surface area contributed by atoms with Gasteiger partial charge in [0.25, 0.3) is 8.32 Å². The topological polar surface area (TPSA) is 43.2 Å². The maximum absolute atomic E-state index is 13.4. The van der Waals surface area contributed by atoms with E-state index in [1.165, 1.54) is 22.5 Å². The Morgan fingerprint density at radius 1 is 0.750 bits per heavy atom. The van der Waals surface area contributed by atoms with E-state index < -0.39 is 28.5 Å². The summed E-state index contributed by atoms with van der Waals surface area (Å²) in [4.78, 5) is 0. The van der Waals surface area contributed by atoms with Crippen LogP contribution in [0.1, 0.15) is 59.1 Å². The van der Waals surface area contributed by atoms with Crippen molar-refractivity contribution in [2.75, 3.05) is 6.61 Å². The Morgan fingerprint density at radius 3 is 1.66 bits per heavy atom. The molecule has 4 rings (SSSR count).